The number of hydrogen-bond acceptors (Lipinski definition) is 7. The molecular weight excluding hydrogens is 388 g/mol. The van der Waals surface area contributed by atoms with Crippen LogP contribution < -0.4 is 5.32 Å². The molecule has 0 saturated carbocycles. The fourth-order valence-electron chi connectivity index (χ4n) is 2.88. The van der Waals surface area contributed by atoms with E-state index in [-0.39, 0.29) is 23.1 Å². The zero-order valence-electron chi connectivity index (χ0n) is 15.8. The van der Waals surface area contributed by atoms with Gasteiger partial charge in [-0.25, -0.2) is 18.0 Å². The van der Waals surface area contributed by atoms with Gasteiger partial charge in [0.25, 0.3) is 5.91 Å². The Balaban J connectivity index is 2.04. The number of piperidine rings is 1. The SMILES string of the molecule is CCOC(=O)NC(=O)COC(=O)c1cccc(S(=O)(=O)N2CCCC[C@@H]2C)c1. The molecule has 2 rings (SSSR count). The molecule has 0 aromatic heterocycles. The normalized spacial score (nSPS) is 17.6. The van der Waals surface area contributed by atoms with Crippen molar-refractivity contribution in [3.63, 3.8) is 0 Å². The predicted octanol–water partition coefficient (Wildman–Crippen LogP) is 1.68. The molecule has 9 nitrogen and oxygen atoms in total. The molecule has 1 aromatic rings. The average molecular weight is 412 g/mol. The smallest absolute Gasteiger partial charge is 0.413 e. The van der Waals surface area contributed by atoms with Gasteiger partial charge in [0.1, 0.15) is 0 Å². The lowest BCUT2D eigenvalue weighted by atomic mass is 10.1. The van der Waals surface area contributed by atoms with Gasteiger partial charge in [0.2, 0.25) is 10.0 Å². The first-order chi connectivity index (χ1) is 13.3. The lowest BCUT2D eigenvalue weighted by Crippen LogP contribution is -2.41. The van der Waals surface area contributed by atoms with Gasteiger partial charge in [-0.3, -0.25) is 10.1 Å². The molecule has 10 heteroatoms. The van der Waals surface area contributed by atoms with Gasteiger partial charge in [-0.2, -0.15) is 4.31 Å². The van der Waals surface area contributed by atoms with E-state index in [1.54, 1.807) is 6.92 Å². The minimum atomic E-state index is -3.74. The molecule has 1 saturated heterocycles. The van der Waals surface area contributed by atoms with Crippen LogP contribution in [0, 0.1) is 0 Å². The Morgan fingerprint density at radius 1 is 1.21 bits per heavy atom. The molecule has 1 heterocycles. The van der Waals surface area contributed by atoms with Crippen molar-refractivity contribution in [3.05, 3.63) is 29.8 Å². The van der Waals surface area contributed by atoms with Crippen molar-refractivity contribution in [1.82, 2.24) is 9.62 Å². The van der Waals surface area contributed by atoms with Crippen LogP contribution in [0.1, 0.15) is 43.5 Å². The predicted molar refractivity (Wildman–Crippen MR) is 99.1 cm³/mol. The Hall–Kier alpha value is -2.46. The monoisotopic (exact) mass is 412 g/mol. The zero-order chi connectivity index (χ0) is 20.7. The van der Waals surface area contributed by atoms with E-state index < -0.39 is 34.6 Å². The number of sulfonamides is 1. The van der Waals surface area contributed by atoms with Crippen molar-refractivity contribution in [1.29, 1.82) is 0 Å². The van der Waals surface area contributed by atoms with Crippen molar-refractivity contribution >= 4 is 28.0 Å². The highest BCUT2D eigenvalue weighted by molar-refractivity contribution is 7.89. The quantitative estimate of drug-likeness (QED) is 0.706. The Morgan fingerprint density at radius 2 is 1.96 bits per heavy atom. The maximum atomic E-state index is 12.9. The second-order valence-electron chi connectivity index (χ2n) is 6.33. The molecular formula is C18H24N2O7S. The number of nitrogens with zero attached hydrogens (tertiary/aromatic N) is 1. The van der Waals surface area contributed by atoms with E-state index in [1.807, 2.05) is 12.2 Å². The number of rotatable bonds is 6. The first-order valence-corrected chi connectivity index (χ1v) is 10.5. The van der Waals surface area contributed by atoms with Gasteiger partial charge in [-0.15, -0.1) is 0 Å². The summed E-state index contributed by atoms with van der Waals surface area (Å²) in [6, 6.07) is 5.37. The summed E-state index contributed by atoms with van der Waals surface area (Å²) in [6.07, 6.45) is 1.62. The van der Waals surface area contributed by atoms with Crippen molar-refractivity contribution in [2.75, 3.05) is 19.8 Å². The molecule has 0 unspecified atom stereocenters. The summed E-state index contributed by atoms with van der Waals surface area (Å²) in [5, 5.41) is 1.89. The molecule has 0 aliphatic carbocycles. The third kappa shape index (κ3) is 5.52. The standard InChI is InChI=1S/C18H24N2O7S/c1-3-26-18(23)19-16(21)12-27-17(22)14-8-6-9-15(11-14)28(24,25)20-10-5-4-7-13(20)2/h6,8-9,11,13H,3-5,7,10,12H2,1-2H3,(H,19,21,23)/t13-/m0/s1. The molecule has 154 valence electrons. The fourth-order valence-corrected chi connectivity index (χ4v) is 4.63. The summed E-state index contributed by atoms with van der Waals surface area (Å²) in [4.78, 5) is 34.8. The number of ether oxygens (including phenoxy) is 2. The Morgan fingerprint density at radius 3 is 2.64 bits per heavy atom. The van der Waals surface area contributed by atoms with Crippen LogP contribution >= 0.6 is 0 Å². The van der Waals surface area contributed by atoms with E-state index in [0.29, 0.717) is 6.54 Å². The number of hydrogen-bond donors (Lipinski definition) is 1. The van der Waals surface area contributed by atoms with Gasteiger partial charge >= 0.3 is 12.1 Å². The van der Waals surface area contributed by atoms with Gasteiger partial charge in [0, 0.05) is 12.6 Å². The zero-order valence-corrected chi connectivity index (χ0v) is 16.7. The number of carbonyl (C=O) groups is 3. The van der Waals surface area contributed by atoms with Crippen LogP contribution in [0.15, 0.2) is 29.2 Å². The second kappa shape index (κ2) is 9.65. The van der Waals surface area contributed by atoms with Crippen molar-refractivity contribution in [2.45, 2.75) is 44.0 Å². The number of carbonyl (C=O) groups excluding carboxylic acids is 3. The van der Waals surface area contributed by atoms with Gasteiger partial charge in [0.15, 0.2) is 6.61 Å². The lowest BCUT2D eigenvalue weighted by Gasteiger charge is -2.32. The van der Waals surface area contributed by atoms with Crippen LogP contribution in [0.5, 0.6) is 0 Å². The molecule has 0 spiro atoms. The van der Waals surface area contributed by atoms with Crippen LogP contribution in [-0.4, -0.2) is 56.5 Å². The molecule has 1 aromatic carbocycles. The summed E-state index contributed by atoms with van der Waals surface area (Å²) in [6.45, 7) is 3.27. The molecule has 0 radical (unpaired) electrons. The lowest BCUT2D eigenvalue weighted by molar-refractivity contribution is -0.123. The first-order valence-electron chi connectivity index (χ1n) is 9.01. The maximum Gasteiger partial charge on any atom is 0.413 e. The van der Waals surface area contributed by atoms with Crippen LogP contribution in [0.3, 0.4) is 0 Å². The highest BCUT2D eigenvalue weighted by Gasteiger charge is 2.31. The maximum absolute atomic E-state index is 12.9. The molecule has 1 aliphatic rings. The average Bonchev–Trinajstić information content (AvgIpc) is 2.66. The summed E-state index contributed by atoms with van der Waals surface area (Å²) >= 11 is 0. The minimum absolute atomic E-state index is 0.00493. The summed E-state index contributed by atoms with van der Waals surface area (Å²) in [5.41, 5.74) is -0.00493. The third-order valence-electron chi connectivity index (χ3n) is 4.27. The number of benzene rings is 1. The summed E-state index contributed by atoms with van der Waals surface area (Å²) in [5.74, 6) is -1.72. The molecule has 1 fully saturated rings. The minimum Gasteiger partial charge on any atom is -0.452 e. The van der Waals surface area contributed by atoms with Crippen molar-refractivity contribution in [3.8, 4) is 0 Å². The number of imide groups is 1. The van der Waals surface area contributed by atoms with Crippen LogP contribution in [0.4, 0.5) is 4.79 Å². The number of nitrogens with one attached hydrogen (secondary N) is 1. The highest BCUT2D eigenvalue weighted by Crippen LogP contribution is 2.25. The van der Waals surface area contributed by atoms with Gasteiger partial charge < -0.3 is 9.47 Å². The van der Waals surface area contributed by atoms with E-state index in [2.05, 4.69) is 4.74 Å². The highest BCUT2D eigenvalue weighted by atomic mass is 32.2. The first kappa shape index (κ1) is 21.8. The van der Waals surface area contributed by atoms with Crippen LogP contribution in [0.25, 0.3) is 0 Å². The van der Waals surface area contributed by atoms with Gasteiger partial charge in [-0.1, -0.05) is 12.5 Å². The fraction of sp³-hybridized carbons (Fsp3) is 0.500. The Bertz CT molecular complexity index is 838. The van der Waals surface area contributed by atoms with E-state index in [0.717, 1.165) is 19.3 Å². The number of alkyl carbamates (subject to hydrolysis) is 1. The molecule has 0 bridgehead atoms. The topological polar surface area (TPSA) is 119 Å². The van der Waals surface area contributed by atoms with Crippen LogP contribution in [0.2, 0.25) is 0 Å². The molecule has 28 heavy (non-hydrogen) atoms. The van der Waals surface area contributed by atoms with E-state index >= 15 is 0 Å². The van der Waals surface area contributed by atoms with E-state index in [1.165, 1.54) is 28.6 Å². The van der Waals surface area contributed by atoms with Crippen molar-refractivity contribution < 1.29 is 32.3 Å². The Labute approximate surface area is 164 Å². The van der Waals surface area contributed by atoms with Crippen molar-refractivity contribution in [2.24, 2.45) is 0 Å². The molecule has 1 N–H and O–H groups in total. The Kier molecular flexibility index (Phi) is 7.53. The van der Waals surface area contributed by atoms with Gasteiger partial charge in [-0.05, 0) is 44.9 Å². The number of amides is 2. The second-order valence-corrected chi connectivity index (χ2v) is 8.22. The van der Waals surface area contributed by atoms with Gasteiger partial charge in [0.05, 0.1) is 17.1 Å². The summed E-state index contributed by atoms with van der Waals surface area (Å²) < 4.78 is 36.6. The molecule has 2 amide bonds. The van der Waals surface area contributed by atoms with E-state index in [9.17, 15) is 22.8 Å². The molecule has 1 atom stereocenters. The molecule has 1 aliphatic heterocycles. The van der Waals surface area contributed by atoms with E-state index in [4.69, 9.17) is 4.74 Å². The van der Waals surface area contributed by atoms with Crippen LogP contribution in [-0.2, 0) is 24.3 Å². The largest absolute Gasteiger partial charge is 0.452 e. The summed E-state index contributed by atoms with van der Waals surface area (Å²) in [7, 11) is -3.74. The third-order valence-corrected chi connectivity index (χ3v) is 6.28. The number of esters is 1.